The highest BCUT2D eigenvalue weighted by Gasteiger charge is 2.36. The number of benzene rings is 6. The smallest absolute Gasteiger partial charge is 0.184 e. The number of nitrogens with one attached hydrogen (secondary N) is 1. The van der Waals surface area contributed by atoms with Crippen molar-refractivity contribution in [2.24, 2.45) is 9.98 Å². The molecule has 2 heterocycles. The van der Waals surface area contributed by atoms with Crippen LogP contribution in [0.3, 0.4) is 0 Å². The van der Waals surface area contributed by atoms with E-state index < -0.39 is 12.8 Å². The van der Waals surface area contributed by atoms with Gasteiger partial charge in [0.2, 0.25) is 0 Å². The minimum atomic E-state index is -3.13. The Bertz CT molecular complexity index is 2290. The van der Waals surface area contributed by atoms with Crippen LogP contribution in [0.15, 0.2) is 198 Å². The maximum Gasteiger partial charge on any atom is 0.184 e. The van der Waals surface area contributed by atoms with Crippen molar-refractivity contribution in [3.63, 3.8) is 0 Å². The molecule has 6 heteroatoms. The zero-order chi connectivity index (χ0) is 33.8. The van der Waals surface area contributed by atoms with E-state index in [0.717, 1.165) is 61.0 Å². The first-order valence-electron chi connectivity index (χ1n) is 16.5. The van der Waals surface area contributed by atoms with Crippen LogP contribution in [0.25, 0.3) is 22.5 Å². The Balaban J connectivity index is 1.14. The second-order valence-electron chi connectivity index (χ2n) is 12.1. The fourth-order valence-electron chi connectivity index (χ4n) is 6.54. The van der Waals surface area contributed by atoms with Crippen molar-refractivity contribution in [1.29, 1.82) is 0 Å². The molecule has 0 amide bonds. The van der Waals surface area contributed by atoms with E-state index in [1.165, 1.54) is 0 Å². The molecule has 8 rings (SSSR count). The minimum absolute atomic E-state index is 0.719. The van der Waals surface area contributed by atoms with Crippen LogP contribution in [-0.4, -0.2) is 17.2 Å². The standard InChI is InChI=1S/C44H33N4OP/c49-50(38-23-9-3-10-24-38,39-25-11-4-12-26-39)40-27-14-17-34(31-40)42-29-15-28-41(47-42)33-16-13-18-35(30-33)43-45-32-46-44(48-43,36-19-5-1-6-20-36)37-21-7-2-8-22-37/h1-32H,(H,45,46,48). The topological polar surface area (TPSA) is 66.7 Å². The Hall–Kier alpha value is -6.16. The Morgan fingerprint density at radius 2 is 0.920 bits per heavy atom. The number of hydrogen-bond acceptors (Lipinski definition) is 5. The third-order valence-corrected chi connectivity index (χ3v) is 12.1. The van der Waals surface area contributed by atoms with Crippen molar-refractivity contribution in [2.75, 3.05) is 0 Å². The first-order valence-corrected chi connectivity index (χ1v) is 18.3. The van der Waals surface area contributed by atoms with Gasteiger partial charge < -0.3 is 9.88 Å². The van der Waals surface area contributed by atoms with Crippen LogP contribution < -0.4 is 21.2 Å². The molecule has 0 atom stereocenters. The van der Waals surface area contributed by atoms with Gasteiger partial charge >= 0.3 is 0 Å². The van der Waals surface area contributed by atoms with E-state index in [9.17, 15) is 0 Å². The summed E-state index contributed by atoms with van der Waals surface area (Å²) in [6.45, 7) is 0. The van der Waals surface area contributed by atoms with Gasteiger partial charge in [0, 0.05) is 43.7 Å². The first kappa shape index (κ1) is 31.1. The van der Waals surface area contributed by atoms with Gasteiger partial charge in [0.15, 0.2) is 12.8 Å². The fourth-order valence-corrected chi connectivity index (χ4v) is 9.24. The Kier molecular flexibility index (Phi) is 8.34. The molecule has 0 saturated heterocycles. The highest BCUT2D eigenvalue weighted by atomic mass is 31.2. The van der Waals surface area contributed by atoms with Crippen molar-refractivity contribution in [1.82, 2.24) is 10.3 Å². The molecule has 240 valence electrons. The lowest BCUT2D eigenvalue weighted by Gasteiger charge is -2.35. The average molecular weight is 665 g/mol. The van der Waals surface area contributed by atoms with E-state index in [2.05, 4.69) is 41.7 Å². The van der Waals surface area contributed by atoms with Gasteiger partial charge in [-0.2, -0.15) is 0 Å². The number of amidine groups is 1. The average Bonchev–Trinajstić information content (AvgIpc) is 3.22. The number of hydrogen-bond donors (Lipinski definition) is 1. The van der Waals surface area contributed by atoms with Gasteiger partial charge in [-0.25, -0.2) is 15.0 Å². The molecule has 50 heavy (non-hydrogen) atoms. The maximum atomic E-state index is 15.1. The number of aromatic nitrogens is 1. The molecule has 0 radical (unpaired) electrons. The van der Waals surface area contributed by atoms with Crippen molar-refractivity contribution in [3.8, 4) is 22.5 Å². The van der Waals surface area contributed by atoms with Crippen molar-refractivity contribution in [3.05, 3.63) is 205 Å². The molecule has 0 unspecified atom stereocenters. The molecular weight excluding hydrogens is 631 g/mol. The predicted octanol–water partition coefficient (Wildman–Crippen LogP) is 8.33. The number of rotatable bonds is 8. The summed E-state index contributed by atoms with van der Waals surface area (Å²) in [7, 11) is -3.13. The Labute approximate surface area is 292 Å². The van der Waals surface area contributed by atoms with Crippen LogP contribution in [0.4, 0.5) is 0 Å². The molecule has 0 fully saturated rings. The van der Waals surface area contributed by atoms with Gasteiger partial charge in [-0.05, 0) is 24.3 Å². The van der Waals surface area contributed by atoms with Crippen LogP contribution in [0, 0.1) is 0 Å². The predicted molar refractivity (Wildman–Crippen MR) is 206 cm³/mol. The van der Waals surface area contributed by atoms with Crippen LogP contribution in [0.5, 0.6) is 0 Å². The lowest BCUT2D eigenvalue weighted by molar-refractivity contribution is 0.499. The largest absolute Gasteiger partial charge is 0.338 e. The van der Waals surface area contributed by atoms with Crippen LogP contribution in [-0.2, 0) is 10.2 Å². The van der Waals surface area contributed by atoms with E-state index >= 15 is 4.57 Å². The van der Waals surface area contributed by atoms with Crippen molar-refractivity contribution >= 4 is 35.2 Å². The molecule has 0 saturated carbocycles. The summed E-state index contributed by atoms with van der Waals surface area (Å²) in [5.41, 5.74) is 5.62. The zero-order valence-corrected chi connectivity index (χ0v) is 28.1. The van der Waals surface area contributed by atoms with Crippen LogP contribution in [0.2, 0.25) is 0 Å². The summed E-state index contributed by atoms with van der Waals surface area (Å²) in [6.07, 6.45) is 1.65. The molecule has 0 bridgehead atoms. The van der Waals surface area contributed by atoms with Crippen LogP contribution in [0.1, 0.15) is 16.7 Å². The molecule has 7 aromatic rings. The van der Waals surface area contributed by atoms with E-state index in [4.69, 9.17) is 15.0 Å². The molecular formula is C44H33N4OP. The molecule has 6 aromatic carbocycles. The third kappa shape index (κ3) is 5.78. The molecule has 0 aliphatic carbocycles. The number of nitrogens with zero attached hydrogens (tertiary/aromatic N) is 3. The van der Waals surface area contributed by atoms with Gasteiger partial charge in [0.25, 0.3) is 0 Å². The molecule has 1 aliphatic heterocycles. The summed E-state index contributed by atoms with van der Waals surface area (Å²) in [4.78, 5) is 14.7. The van der Waals surface area contributed by atoms with Gasteiger partial charge in [0.1, 0.15) is 12.2 Å². The molecule has 1 aromatic heterocycles. The van der Waals surface area contributed by atoms with Gasteiger partial charge in [-0.1, -0.05) is 164 Å². The maximum absolute atomic E-state index is 15.1. The van der Waals surface area contributed by atoms with Gasteiger partial charge in [-0.3, -0.25) is 0 Å². The summed E-state index contributed by atoms with van der Waals surface area (Å²) in [6, 6.07) is 62.2. The van der Waals surface area contributed by atoms with E-state index in [0.29, 0.717) is 0 Å². The molecule has 1 N–H and O–H groups in total. The molecule has 0 spiro atoms. The molecule has 1 aliphatic rings. The van der Waals surface area contributed by atoms with E-state index in [-0.39, 0.29) is 0 Å². The summed E-state index contributed by atoms with van der Waals surface area (Å²) in [5.74, 6) is 0.719. The van der Waals surface area contributed by atoms with Gasteiger partial charge in [-0.15, -0.1) is 0 Å². The Morgan fingerprint density at radius 1 is 0.460 bits per heavy atom. The molecule has 5 nitrogen and oxygen atoms in total. The van der Waals surface area contributed by atoms with E-state index in [1.807, 2.05) is 152 Å². The highest BCUT2D eigenvalue weighted by molar-refractivity contribution is 7.85. The monoisotopic (exact) mass is 664 g/mol. The SMILES string of the molecule is O=P(c1ccccc1)(c1ccccc1)c1cccc(-c2cccc(-c3cccc(C4=NC=NC(c5ccccc5)(c5ccccc5)N4)c3)n2)c1. The first-order chi connectivity index (χ1) is 24.6. The van der Waals surface area contributed by atoms with E-state index in [1.54, 1.807) is 6.34 Å². The lowest BCUT2D eigenvalue weighted by atomic mass is 9.90. The highest BCUT2D eigenvalue weighted by Crippen LogP contribution is 2.43. The lowest BCUT2D eigenvalue weighted by Crippen LogP contribution is -2.47. The fraction of sp³-hybridized carbons (Fsp3) is 0.0227. The summed E-state index contributed by atoms with van der Waals surface area (Å²) >= 11 is 0. The second kappa shape index (κ2) is 13.4. The number of pyridine rings is 1. The van der Waals surface area contributed by atoms with Crippen molar-refractivity contribution in [2.45, 2.75) is 5.66 Å². The summed E-state index contributed by atoms with van der Waals surface area (Å²) < 4.78 is 15.1. The second-order valence-corrected chi connectivity index (χ2v) is 14.9. The normalized spacial score (nSPS) is 13.6. The quantitative estimate of drug-likeness (QED) is 0.166. The number of aliphatic imine (C=N–C) groups is 2. The van der Waals surface area contributed by atoms with Crippen molar-refractivity contribution < 1.29 is 4.57 Å². The summed E-state index contributed by atoms with van der Waals surface area (Å²) in [5, 5.41) is 6.05. The minimum Gasteiger partial charge on any atom is -0.338 e. The zero-order valence-electron chi connectivity index (χ0n) is 27.2. The van der Waals surface area contributed by atoms with Crippen LogP contribution >= 0.6 is 7.14 Å². The van der Waals surface area contributed by atoms with Gasteiger partial charge in [0.05, 0.1) is 11.4 Å². The Morgan fingerprint density at radius 3 is 1.50 bits per heavy atom. The third-order valence-electron chi connectivity index (χ3n) is 9.05.